The molecule has 0 aliphatic heterocycles. The number of hydrogen-bond donors (Lipinski definition) is 3. The van der Waals surface area contributed by atoms with Gasteiger partial charge in [0.1, 0.15) is 6.04 Å². The second-order valence-electron chi connectivity index (χ2n) is 3.84. The molecule has 1 atom stereocenters. The van der Waals surface area contributed by atoms with Crippen molar-refractivity contribution in [1.29, 1.82) is 0 Å². The predicted octanol–water partition coefficient (Wildman–Crippen LogP) is 0.715. The number of para-hydroxylation sites is 1. The average Bonchev–Trinajstić information content (AvgIpc) is 2.78. The minimum atomic E-state index is -0.460. The van der Waals surface area contributed by atoms with Gasteiger partial charge in [0.15, 0.2) is 0 Å². The number of carbonyl (C=O) groups is 1. The fourth-order valence-corrected chi connectivity index (χ4v) is 1.91. The maximum Gasteiger partial charge on any atom is 0.341 e. The molecule has 0 unspecified atom stereocenters. The lowest BCUT2D eigenvalue weighted by Gasteiger charge is -2.12. The van der Waals surface area contributed by atoms with Crippen molar-refractivity contribution in [1.82, 2.24) is 10.3 Å². The molecule has 1 aromatic carbocycles. The summed E-state index contributed by atoms with van der Waals surface area (Å²) >= 11 is 0. The van der Waals surface area contributed by atoms with E-state index in [0.29, 0.717) is 6.42 Å². The Balaban J connectivity index is 2.25. The normalized spacial score (nSPS) is 12.6. The van der Waals surface area contributed by atoms with Crippen LogP contribution >= 0.6 is 0 Å². The van der Waals surface area contributed by atoms with Gasteiger partial charge in [-0.05, 0) is 18.7 Å². The molecule has 5 nitrogen and oxygen atoms in total. The zero-order chi connectivity index (χ0) is 12.3. The molecule has 0 spiro atoms. The number of nitrogens with two attached hydrogens (primary N) is 1. The summed E-state index contributed by atoms with van der Waals surface area (Å²) in [6, 6.07) is 7.51. The van der Waals surface area contributed by atoms with E-state index in [9.17, 15) is 4.79 Å². The maximum atomic E-state index is 11.4. The van der Waals surface area contributed by atoms with Crippen LogP contribution in [0.15, 0.2) is 30.5 Å². The second kappa shape index (κ2) is 4.99. The number of benzene rings is 1. The summed E-state index contributed by atoms with van der Waals surface area (Å²) < 4.78 is 0. The minimum absolute atomic E-state index is 0.431. The van der Waals surface area contributed by atoms with Crippen molar-refractivity contribution in [2.75, 3.05) is 7.05 Å². The van der Waals surface area contributed by atoms with Gasteiger partial charge in [0.25, 0.3) is 0 Å². The largest absolute Gasteiger partial charge is 0.372 e. The van der Waals surface area contributed by atoms with E-state index in [1.54, 1.807) is 7.05 Å². The molecule has 0 amide bonds. The molecule has 0 fully saturated rings. The third-order valence-corrected chi connectivity index (χ3v) is 2.85. The van der Waals surface area contributed by atoms with Gasteiger partial charge in [-0.15, -0.1) is 0 Å². The molecule has 0 saturated carbocycles. The van der Waals surface area contributed by atoms with Gasteiger partial charge < -0.3 is 15.1 Å². The molecule has 5 heteroatoms. The van der Waals surface area contributed by atoms with Crippen LogP contribution in [0.3, 0.4) is 0 Å². The van der Waals surface area contributed by atoms with E-state index in [4.69, 9.17) is 5.90 Å². The molecule has 0 saturated heterocycles. The van der Waals surface area contributed by atoms with Crippen LogP contribution in [0, 0.1) is 0 Å². The Bertz CT molecular complexity index is 521. The minimum Gasteiger partial charge on any atom is -0.372 e. The monoisotopic (exact) mass is 233 g/mol. The van der Waals surface area contributed by atoms with Gasteiger partial charge in [-0.25, -0.2) is 4.79 Å². The van der Waals surface area contributed by atoms with E-state index in [0.717, 1.165) is 16.5 Å². The molecular weight excluding hydrogens is 218 g/mol. The third-order valence-electron chi connectivity index (χ3n) is 2.85. The topological polar surface area (TPSA) is 80.1 Å². The van der Waals surface area contributed by atoms with Gasteiger partial charge >= 0.3 is 5.97 Å². The molecule has 1 aromatic heterocycles. The Labute approximate surface area is 98.9 Å². The number of hydrogen-bond acceptors (Lipinski definition) is 4. The molecule has 0 radical (unpaired) electrons. The highest BCUT2D eigenvalue weighted by molar-refractivity contribution is 5.84. The van der Waals surface area contributed by atoms with Crippen LogP contribution in [0.4, 0.5) is 0 Å². The average molecular weight is 233 g/mol. The van der Waals surface area contributed by atoms with Crippen molar-refractivity contribution in [3.05, 3.63) is 36.0 Å². The zero-order valence-corrected chi connectivity index (χ0v) is 9.57. The molecule has 0 bridgehead atoms. The summed E-state index contributed by atoms with van der Waals surface area (Å²) in [6.07, 6.45) is 2.44. The zero-order valence-electron chi connectivity index (χ0n) is 9.57. The van der Waals surface area contributed by atoms with E-state index in [-0.39, 0.29) is 0 Å². The summed E-state index contributed by atoms with van der Waals surface area (Å²) in [5.41, 5.74) is 2.11. The molecule has 2 aromatic rings. The summed E-state index contributed by atoms with van der Waals surface area (Å²) in [4.78, 5) is 18.8. The van der Waals surface area contributed by atoms with Gasteiger partial charge in [0, 0.05) is 23.5 Å². The third kappa shape index (κ3) is 2.30. The molecule has 2 rings (SSSR count). The first-order valence-corrected chi connectivity index (χ1v) is 5.39. The van der Waals surface area contributed by atoms with Crippen LogP contribution < -0.4 is 11.2 Å². The Morgan fingerprint density at radius 2 is 2.29 bits per heavy atom. The van der Waals surface area contributed by atoms with Crippen molar-refractivity contribution < 1.29 is 9.63 Å². The maximum absolute atomic E-state index is 11.4. The quantitative estimate of drug-likeness (QED) is 0.680. The van der Waals surface area contributed by atoms with E-state index in [1.807, 2.05) is 30.5 Å². The summed E-state index contributed by atoms with van der Waals surface area (Å²) in [5, 5.41) is 4.00. The molecule has 4 N–H and O–H groups in total. The Hall–Kier alpha value is -1.85. The van der Waals surface area contributed by atoms with E-state index >= 15 is 0 Å². The van der Waals surface area contributed by atoms with Crippen LogP contribution in [0.25, 0.3) is 10.9 Å². The first-order chi connectivity index (χ1) is 8.26. The van der Waals surface area contributed by atoms with Gasteiger partial charge in [0.2, 0.25) is 0 Å². The Morgan fingerprint density at radius 3 is 3.00 bits per heavy atom. The molecule has 17 heavy (non-hydrogen) atoms. The summed E-state index contributed by atoms with van der Waals surface area (Å²) in [6.45, 7) is 0. The van der Waals surface area contributed by atoms with Crippen LogP contribution in [0.2, 0.25) is 0 Å². The van der Waals surface area contributed by atoms with Gasteiger partial charge in [-0.3, -0.25) is 0 Å². The highest BCUT2D eigenvalue weighted by atomic mass is 16.7. The molecule has 1 heterocycles. The number of carbonyl (C=O) groups excluding carboxylic acids is 1. The molecule has 0 aliphatic rings. The lowest BCUT2D eigenvalue weighted by atomic mass is 10.1. The Morgan fingerprint density at radius 1 is 1.53 bits per heavy atom. The van der Waals surface area contributed by atoms with E-state index < -0.39 is 12.0 Å². The smallest absolute Gasteiger partial charge is 0.341 e. The lowest BCUT2D eigenvalue weighted by Crippen LogP contribution is -2.38. The first-order valence-electron chi connectivity index (χ1n) is 5.39. The summed E-state index contributed by atoms with van der Waals surface area (Å²) in [7, 11) is 1.70. The number of nitrogens with one attached hydrogen (secondary N) is 2. The van der Waals surface area contributed by atoms with Gasteiger partial charge in [-0.1, -0.05) is 18.2 Å². The van der Waals surface area contributed by atoms with Crippen molar-refractivity contribution in [3.8, 4) is 0 Å². The number of rotatable bonds is 4. The predicted molar refractivity (Wildman–Crippen MR) is 65.1 cm³/mol. The number of H-pyrrole nitrogens is 1. The van der Waals surface area contributed by atoms with Gasteiger partial charge in [0.05, 0.1) is 0 Å². The van der Waals surface area contributed by atoms with Crippen molar-refractivity contribution in [3.63, 3.8) is 0 Å². The van der Waals surface area contributed by atoms with E-state index in [2.05, 4.69) is 15.1 Å². The van der Waals surface area contributed by atoms with Crippen LogP contribution in [0.5, 0.6) is 0 Å². The van der Waals surface area contributed by atoms with Crippen LogP contribution in [-0.2, 0) is 16.1 Å². The van der Waals surface area contributed by atoms with Crippen molar-refractivity contribution >= 4 is 16.9 Å². The Kier molecular flexibility index (Phi) is 3.41. The molecule has 90 valence electrons. The van der Waals surface area contributed by atoms with E-state index in [1.165, 1.54) is 0 Å². The number of aromatic amines is 1. The molecular formula is C12H15N3O2. The van der Waals surface area contributed by atoms with Gasteiger partial charge in [-0.2, -0.15) is 5.90 Å². The fraction of sp³-hybridized carbons (Fsp3) is 0.250. The highest BCUT2D eigenvalue weighted by Gasteiger charge is 2.19. The first kappa shape index (κ1) is 11.6. The standard InChI is InChI=1S/C12H15N3O2/c1-14-11(12(16)17-13)6-8-7-15-10-5-3-2-4-9(8)10/h2-5,7,11,14-15H,6,13H2,1H3/t11-/m0/s1. The van der Waals surface area contributed by atoms with Crippen LogP contribution in [0.1, 0.15) is 5.56 Å². The second-order valence-corrected chi connectivity index (χ2v) is 3.84. The summed E-state index contributed by atoms with van der Waals surface area (Å²) in [5.74, 6) is 4.43. The fourth-order valence-electron chi connectivity index (χ4n) is 1.91. The highest BCUT2D eigenvalue weighted by Crippen LogP contribution is 2.19. The molecule has 0 aliphatic carbocycles. The lowest BCUT2D eigenvalue weighted by molar-refractivity contribution is -0.146. The SMILES string of the molecule is CN[C@@H](Cc1c[nH]c2ccccc12)C(=O)ON. The van der Waals surface area contributed by atoms with Crippen molar-refractivity contribution in [2.45, 2.75) is 12.5 Å². The van der Waals surface area contributed by atoms with Crippen LogP contribution in [-0.4, -0.2) is 24.0 Å². The number of aromatic nitrogens is 1. The number of likely N-dealkylation sites (N-methyl/N-ethyl adjacent to an activating group) is 1. The number of fused-ring (bicyclic) bond motifs is 1. The van der Waals surface area contributed by atoms with Crippen molar-refractivity contribution in [2.24, 2.45) is 5.90 Å².